The summed E-state index contributed by atoms with van der Waals surface area (Å²) in [5.74, 6) is 0. The molecule has 1 aliphatic heterocycles. The maximum Gasteiger partial charge on any atom is 0.0833 e. The summed E-state index contributed by atoms with van der Waals surface area (Å²) in [4.78, 5) is 0. The molecule has 1 rings (SSSR count). The van der Waals surface area contributed by atoms with E-state index < -0.39 is 0 Å². The van der Waals surface area contributed by atoms with Gasteiger partial charge < -0.3 is 4.48 Å². The monoisotopic (exact) mass is 184 g/mol. The van der Waals surface area contributed by atoms with Crippen molar-refractivity contribution in [2.45, 2.75) is 58.9 Å². The van der Waals surface area contributed by atoms with Crippen LogP contribution < -0.4 is 0 Å². The molecule has 0 atom stereocenters. The second-order valence-electron chi connectivity index (χ2n) is 4.90. The van der Waals surface area contributed by atoms with E-state index in [0.29, 0.717) is 0 Å². The highest BCUT2D eigenvalue weighted by Crippen LogP contribution is 2.23. The lowest BCUT2D eigenvalue weighted by atomic mass is 10.0. The van der Waals surface area contributed by atoms with Crippen molar-refractivity contribution >= 4 is 0 Å². The standard InChI is InChI=1S/C12H26N/c1-4-5-9-13(12(2)3)10-7-6-8-11-13/h12H,4-11H2,1-3H3/q+1. The molecule has 1 saturated heterocycles. The molecule has 1 heterocycles. The molecule has 1 fully saturated rings. The third-order valence-corrected chi connectivity index (χ3v) is 3.76. The third kappa shape index (κ3) is 2.70. The first-order valence-electron chi connectivity index (χ1n) is 6.07. The zero-order chi connectivity index (χ0) is 9.73. The Bertz CT molecular complexity index is 134. The molecule has 78 valence electrons. The van der Waals surface area contributed by atoms with Crippen LogP contribution in [0.4, 0.5) is 0 Å². The van der Waals surface area contributed by atoms with Crippen molar-refractivity contribution in [3.8, 4) is 0 Å². The first kappa shape index (κ1) is 11.0. The van der Waals surface area contributed by atoms with E-state index in [1.807, 2.05) is 0 Å². The number of quaternary nitrogens is 1. The normalized spacial score (nSPS) is 22.2. The topological polar surface area (TPSA) is 0 Å². The lowest BCUT2D eigenvalue weighted by molar-refractivity contribution is -0.952. The molecule has 0 aromatic carbocycles. The molecule has 0 saturated carbocycles. The molecule has 0 radical (unpaired) electrons. The van der Waals surface area contributed by atoms with Crippen molar-refractivity contribution in [1.82, 2.24) is 0 Å². The summed E-state index contributed by atoms with van der Waals surface area (Å²) in [6.07, 6.45) is 7.16. The number of hydrogen-bond donors (Lipinski definition) is 0. The SMILES string of the molecule is CCCC[N+]1(C(C)C)CCCCC1. The minimum atomic E-state index is 0.840. The number of nitrogens with zero attached hydrogens (tertiary/aromatic N) is 1. The minimum absolute atomic E-state index is 0.840. The highest BCUT2D eigenvalue weighted by Gasteiger charge is 2.31. The molecule has 0 aromatic heterocycles. The van der Waals surface area contributed by atoms with E-state index in [2.05, 4.69) is 20.8 Å². The fraction of sp³-hybridized carbons (Fsp3) is 1.00. The summed E-state index contributed by atoms with van der Waals surface area (Å²) in [5, 5.41) is 0. The molecule has 0 aromatic rings. The van der Waals surface area contributed by atoms with Crippen molar-refractivity contribution < 1.29 is 4.48 Å². The summed E-state index contributed by atoms with van der Waals surface area (Å²) in [6.45, 7) is 11.4. The zero-order valence-corrected chi connectivity index (χ0v) is 9.68. The van der Waals surface area contributed by atoms with E-state index in [-0.39, 0.29) is 0 Å². The smallest absolute Gasteiger partial charge is 0.0833 e. The second-order valence-corrected chi connectivity index (χ2v) is 4.90. The van der Waals surface area contributed by atoms with Gasteiger partial charge in [0.05, 0.1) is 25.7 Å². The van der Waals surface area contributed by atoms with Crippen LogP contribution in [-0.4, -0.2) is 30.2 Å². The number of unbranched alkanes of at least 4 members (excludes halogenated alkanes) is 1. The lowest BCUT2D eigenvalue weighted by Crippen LogP contribution is -2.56. The number of rotatable bonds is 4. The fourth-order valence-electron chi connectivity index (χ4n) is 2.61. The van der Waals surface area contributed by atoms with Crippen LogP contribution in [-0.2, 0) is 0 Å². The quantitative estimate of drug-likeness (QED) is 0.589. The van der Waals surface area contributed by atoms with Crippen molar-refractivity contribution in [2.24, 2.45) is 0 Å². The Hall–Kier alpha value is -0.0400. The highest BCUT2D eigenvalue weighted by atomic mass is 15.4. The van der Waals surface area contributed by atoms with Crippen LogP contribution in [0.25, 0.3) is 0 Å². The molecule has 1 nitrogen and oxygen atoms in total. The summed E-state index contributed by atoms with van der Waals surface area (Å²) in [6, 6.07) is 0.840. The Morgan fingerprint density at radius 1 is 1.08 bits per heavy atom. The van der Waals surface area contributed by atoms with Gasteiger partial charge in [-0.05, 0) is 39.5 Å². The molecule has 0 bridgehead atoms. The van der Waals surface area contributed by atoms with Gasteiger partial charge in [0.1, 0.15) is 0 Å². The molecule has 13 heavy (non-hydrogen) atoms. The van der Waals surface area contributed by atoms with Crippen LogP contribution in [0.15, 0.2) is 0 Å². The molecule has 0 unspecified atom stereocenters. The van der Waals surface area contributed by atoms with Crippen molar-refractivity contribution in [3.05, 3.63) is 0 Å². The van der Waals surface area contributed by atoms with Gasteiger partial charge in [-0.15, -0.1) is 0 Å². The van der Waals surface area contributed by atoms with Crippen molar-refractivity contribution in [1.29, 1.82) is 0 Å². The summed E-state index contributed by atoms with van der Waals surface area (Å²) >= 11 is 0. The highest BCUT2D eigenvalue weighted by molar-refractivity contribution is 4.57. The molecule has 0 amide bonds. The predicted molar refractivity (Wildman–Crippen MR) is 58.8 cm³/mol. The maximum atomic E-state index is 2.40. The van der Waals surface area contributed by atoms with Gasteiger partial charge in [-0.1, -0.05) is 13.3 Å². The first-order valence-corrected chi connectivity index (χ1v) is 6.07. The Labute approximate surface area is 83.7 Å². The van der Waals surface area contributed by atoms with Gasteiger partial charge in [-0.3, -0.25) is 0 Å². The van der Waals surface area contributed by atoms with Gasteiger partial charge in [-0.2, -0.15) is 0 Å². The molecular formula is C12H26N+. The molecule has 0 aliphatic carbocycles. The van der Waals surface area contributed by atoms with Crippen LogP contribution in [0.3, 0.4) is 0 Å². The van der Waals surface area contributed by atoms with Gasteiger partial charge in [0, 0.05) is 0 Å². The van der Waals surface area contributed by atoms with E-state index in [4.69, 9.17) is 0 Å². The molecule has 1 aliphatic rings. The zero-order valence-electron chi connectivity index (χ0n) is 9.68. The number of piperidine rings is 1. The van der Waals surface area contributed by atoms with Crippen LogP contribution in [0.5, 0.6) is 0 Å². The van der Waals surface area contributed by atoms with E-state index in [9.17, 15) is 0 Å². The molecule has 0 N–H and O–H groups in total. The lowest BCUT2D eigenvalue weighted by Gasteiger charge is -2.45. The number of likely N-dealkylation sites (tertiary alicyclic amines) is 1. The van der Waals surface area contributed by atoms with Crippen LogP contribution in [0, 0.1) is 0 Å². The summed E-state index contributed by atoms with van der Waals surface area (Å²) in [7, 11) is 0. The first-order chi connectivity index (χ1) is 6.21. The largest absolute Gasteiger partial charge is 0.322 e. The summed E-state index contributed by atoms with van der Waals surface area (Å²) in [5.41, 5.74) is 0. The van der Waals surface area contributed by atoms with Gasteiger partial charge in [0.2, 0.25) is 0 Å². The Morgan fingerprint density at radius 2 is 1.69 bits per heavy atom. The summed E-state index contributed by atoms with van der Waals surface area (Å²) < 4.78 is 1.41. The van der Waals surface area contributed by atoms with E-state index in [1.54, 1.807) is 0 Å². The minimum Gasteiger partial charge on any atom is -0.322 e. The average molecular weight is 184 g/mol. The Morgan fingerprint density at radius 3 is 2.15 bits per heavy atom. The molecule has 1 heteroatoms. The van der Waals surface area contributed by atoms with Gasteiger partial charge in [0.25, 0.3) is 0 Å². The van der Waals surface area contributed by atoms with E-state index in [1.165, 1.54) is 56.2 Å². The van der Waals surface area contributed by atoms with Crippen molar-refractivity contribution in [3.63, 3.8) is 0 Å². The Kier molecular flexibility index (Phi) is 4.24. The van der Waals surface area contributed by atoms with E-state index in [0.717, 1.165) is 6.04 Å². The van der Waals surface area contributed by atoms with Crippen LogP contribution in [0.1, 0.15) is 52.9 Å². The van der Waals surface area contributed by atoms with Crippen LogP contribution >= 0.6 is 0 Å². The predicted octanol–water partition coefficient (Wildman–Crippen LogP) is 3.20. The van der Waals surface area contributed by atoms with Crippen molar-refractivity contribution in [2.75, 3.05) is 19.6 Å². The van der Waals surface area contributed by atoms with E-state index >= 15 is 0 Å². The van der Waals surface area contributed by atoms with Crippen LogP contribution in [0.2, 0.25) is 0 Å². The fourth-order valence-corrected chi connectivity index (χ4v) is 2.61. The third-order valence-electron chi connectivity index (χ3n) is 3.76. The number of hydrogen-bond acceptors (Lipinski definition) is 0. The molecule has 0 spiro atoms. The maximum absolute atomic E-state index is 2.40. The average Bonchev–Trinajstić information content (AvgIpc) is 2.16. The van der Waals surface area contributed by atoms with Gasteiger partial charge in [0.15, 0.2) is 0 Å². The molecular weight excluding hydrogens is 158 g/mol. The Balaban J connectivity index is 2.51. The second kappa shape index (κ2) is 4.99. The van der Waals surface area contributed by atoms with Gasteiger partial charge in [-0.25, -0.2) is 0 Å². The van der Waals surface area contributed by atoms with Gasteiger partial charge >= 0.3 is 0 Å².